The first kappa shape index (κ1) is 13.5. The molecule has 0 bridgehead atoms. The Morgan fingerprint density at radius 3 is 2.81 bits per heavy atom. The lowest BCUT2D eigenvalue weighted by molar-refractivity contribution is 0.200. The number of aryl methyl sites for hydroxylation is 2. The summed E-state index contributed by atoms with van der Waals surface area (Å²) in [4.78, 5) is 0. The van der Waals surface area contributed by atoms with Gasteiger partial charge in [-0.1, -0.05) is 0 Å². The second-order valence-electron chi connectivity index (χ2n) is 4.51. The molecule has 4 nitrogen and oxygen atoms in total. The van der Waals surface area contributed by atoms with Gasteiger partial charge < -0.3 is 10.8 Å². The molecule has 0 aliphatic rings. The minimum Gasteiger partial charge on any atom is -0.394 e. The van der Waals surface area contributed by atoms with Crippen LogP contribution in [0.15, 0.2) is 11.1 Å². The molecule has 1 heterocycles. The molecule has 0 aliphatic heterocycles. The molecule has 0 saturated heterocycles. The maximum absolute atomic E-state index is 9.01. The molecular weight excluding hydrogens is 222 g/mol. The maximum Gasteiger partial charge on any atom is 0.0939 e. The van der Waals surface area contributed by atoms with E-state index in [0.717, 1.165) is 24.3 Å². The lowest BCUT2D eigenvalue weighted by Gasteiger charge is -2.20. The number of aliphatic hydroxyl groups is 1. The fourth-order valence-electron chi connectivity index (χ4n) is 1.45. The van der Waals surface area contributed by atoms with Crippen LogP contribution in [0.25, 0.3) is 0 Å². The number of aliphatic hydroxyl groups excluding tert-OH is 1. The molecule has 92 valence electrons. The third kappa shape index (κ3) is 4.15. The van der Waals surface area contributed by atoms with Gasteiger partial charge >= 0.3 is 0 Å². The highest BCUT2D eigenvalue weighted by Gasteiger charge is 2.16. The van der Waals surface area contributed by atoms with Crippen LogP contribution >= 0.6 is 11.8 Å². The van der Waals surface area contributed by atoms with Crippen molar-refractivity contribution in [3.8, 4) is 0 Å². The molecule has 1 atom stereocenters. The summed E-state index contributed by atoms with van der Waals surface area (Å²) in [6, 6.07) is 2.08. The van der Waals surface area contributed by atoms with Crippen LogP contribution < -0.4 is 5.73 Å². The Labute approximate surface area is 101 Å². The highest BCUT2D eigenvalue weighted by Crippen LogP contribution is 2.20. The van der Waals surface area contributed by atoms with Gasteiger partial charge in [0.25, 0.3) is 0 Å². The first-order valence-corrected chi connectivity index (χ1v) is 6.46. The predicted molar refractivity (Wildman–Crippen MR) is 67.6 cm³/mol. The Morgan fingerprint density at radius 1 is 1.62 bits per heavy atom. The minimum atomic E-state index is -0.442. The number of thioether (sulfide) groups is 1. The van der Waals surface area contributed by atoms with Crippen molar-refractivity contribution in [2.45, 2.75) is 37.3 Å². The summed E-state index contributed by atoms with van der Waals surface area (Å²) in [5.41, 5.74) is 6.46. The molecule has 0 spiro atoms. The normalized spacial score (nSPS) is 15.1. The third-order valence-electron chi connectivity index (χ3n) is 2.46. The molecule has 1 unspecified atom stereocenters. The van der Waals surface area contributed by atoms with Gasteiger partial charge in [-0.05, 0) is 38.5 Å². The van der Waals surface area contributed by atoms with Crippen molar-refractivity contribution in [2.75, 3.05) is 12.4 Å². The summed E-state index contributed by atoms with van der Waals surface area (Å²) in [6.07, 6.45) is 1.84. The Morgan fingerprint density at radius 2 is 2.31 bits per heavy atom. The van der Waals surface area contributed by atoms with Gasteiger partial charge in [0.1, 0.15) is 0 Å². The number of nitrogens with zero attached hydrogens (tertiary/aromatic N) is 2. The summed E-state index contributed by atoms with van der Waals surface area (Å²) in [5, 5.41) is 14.5. The molecule has 0 radical (unpaired) electrons. The lowest BCUT2D eigenvalue weighted by atomic mass is 9.99. The van der Waals surface area contributed by atoms with Crippen molar-refractivity contribution < 1.29 is 5.11 Å². The fourth-order valence-corrected chi connectivity index (χ4v) is 2.43. The second kappa shape index (κ2) is 5.70. The van der Waals surface area contributed by atoms with Crippen molar-refractivity contribution in [3.05, 3.63) is 11.8 Å². The first-order chi connectivity index (χ1) is 7.44. The summed E-state index contributed by atoms with van der Waals surface area (Å²) in [7, 11) is 1.95. The van der Waals surface area contributed by atoms with Crippen molar-refractivity contribution in [3.63, 3.8) is 0 Å². The highest BCUT2D eigenvalue weighted by atomic mass is 32.2. The molecule has 5 heteroatoms. The summed E-state index contributed by atoms with van der Waals surface area (Å²) >= 11 is 1.78. The van der Waals surface area contributed by atoms with Gasteiger partial charge in [0.05, 0.1) is 17.3 Å². The fraction of sp³-hybridized carbons (Fsp3) is 0.727. The average molecular weight is 243 g/mol. The molecule has 1 aromatic rings. The topological polar surface area (TPSA) is 64.1 Å². The number of hydrogen-bond donors (Lipinski definition) is 2. The molecular formula is C11H21N3OS. The Hall–Kier alpha value is -0.520. The summed E-state index contributed by atoms with van der Waals surface area (Å²) < 4.78 is 1.90. The van der Waals surface area contributed by atoms with Crippen molar-refractivity contribution in [2.24, 2.45) is 12.8 Å². The van der Waals surface area contributed by atoms with Crippen LogP contribution in [0.5, 0.6) is 0 Å². The van der Waals surface area contributed by atoms with Gasteiger partial charge in [-0.25, -0.2) is 0 Å². The smallest absolute Gasteiger partial charge is 0.0939 e. The zero-order valence-electron chi connectivity index (χ0n) is 10.2. The number of nitrogens with two attached hydrogens (primary N) is 1. The molecule has 0 fully saturated rings. The summed E-state index contributed by atoms with van der Waals surface area (Å²) in [5.74, 6) is 1.01. The molecule has 0 amide bonds. The van der Waals surface area contributed by atoms with E-state index in [9.17, 15) is 0 Å². The second-order valence-corrected chi connectivity index (χ2v) is 5.63. The van der Waals surface area contributed by atoms with Gasteiger partial charge in [0, 0.05) is 12.6 Å². The quantitative estimate of drug-likeness (QED) is 0.584. The van der Waals surface area contributed by atoms with Crippen LogP contribution in [-0.2, 0) is 7.05 Å². The van der Waals surface area contributed by atoms with Crippen molar-refractivity contribution in [1.82, 2.24) is 9.78 Å². The van der Waals surface area contributed by atoms with Gasteiger partial charge in [0.2, 0.25) is 0 Å². The lowest BCUT2D eigenvalue weighted by Crippen LogP contribution is -2.40. The van der Waals surface area contributed by atoms with Gasteiger partial charge in [-0.15, -0.1) is 11.8 Å². The molecule has 1 rings (SSSR count). The molecule has 16 heavy (non-hydrogen) atoms. The Balaban J connectivity index is 2.29. The third-order valence-corrected chi connectivity index (χ3v) is 3.63. The van der Waals surface area contributed by atoms with Crippen LogP contribution in [0.4, 0.5) is 0 Å². The van der Waals surface area contributed by atoms with Gasteiger partial charge in [0.15, 0.2) is 0 Å². The minimum absolute atomic E-state index is 0.0441. The van der Waals surface area contributed by atoms with E-state index in [0.29, 0.717) is 0 Å². The predicted octanol–water partition coefficient (Wildman–Crippen LogP) is 1.31. The van der Waals surface area contributed by atoms with Gasteiger partial charge in [-0.2, -0.15) is 5.10 Å². The zero-order chi connectivity index (χ0) is 12.2. The first-order valence-electron chi connectivity index (χ1n) is 5.48. The van der Waals surface area contributed by atoms with Crippen LogP contribution in [0, 0.1) is 6.92 Å². The number of rotatable bonds is 6. The Bertz CT molecular complexity index is 336. The molecule has 0 aromatic carbocycles. The molecule has 0 saturated carbocycles. The van der Waals surface area contributed by atoms with Crippen LogP contribution in [0.3, 0.4) is 0 Å². The van der Waals surface area contributed by atoms with E-state index >= 15 is 0 Å². The number of aromatic nitrogens is 2. The largest absolute Gasteiger partial charge is 0.394 e. The molecule has 1 aromatic heterocycles. The summed E-state index contributed by atoms with van der Waals surface area (Å²) in [6.45, 7) is 3.92. The van der Waals surface area contributed by atoms with Crippen molar-refractivity contribution in [1.29, 1.82) is 0 Å². The highest BCUT2D eigenvalue weighted by molar-refractivity contribution is 7.99. The van der Waals surface area contributed by atoms with E-state index in [1.54, 1.807) is 11.8 Å². The van der Waals surface area contributed by atoms with E-state index in [2.05, 4.69) is 11.2 Å². The maximum atomic E-state index is 9.01. The SMILES string of the molecule is Cc1cc(SCCCC(C)(N)CO)n(C)n1. The molecule has 0 aliphatic carbocycles. The standard InChI is InChI=1S/C11H21N3OS/c1-9-7-10(14(3)13-9)16-6-4-5-11(2,12)8-15/h7,15H,4-6,8,12H2,1-3H3. The van der Waals surface area contributed by atoms with Gasteiger partial charge in [-0.3, -0.25) is 4.68 Å². The van der Waals surface area contributed by atoms with E-state index in [-0.39, 0.29) is 6.61 Å². The van der Waals surface area contributed by atoms with Crippen molar-refractivity contribution >= 4 is 11.8 Å². The van der Waals surface area contributed by atoms with E-state index in [4.69, 9.17) is 10.8 Å². The Kier molecular flexibility index (Phi) is 4.83. The molecule has 3 N–H and O–H groups in total. The average Bonchev–Trinajstić information content (AvgIpc) is 2.52. The number of hydrogen-bond acceptors (Lipinski definition) is 4. The monoisotopic (exact) mass is 243 g/mol. The van der Waals surface area contributed by atoms with E-state index < -0.39 is 5.54 Å². The van der Waals surface area contributed by atoms with Crippen LogP contribution in [0.2, 0.25) is 0 Å². The van der Waals surface area contributed by atoms with Crippen LogP contribution in [-0.4, -0.2) is 32.8 Å². The van der Waals surface area contributed by atoms with E-state index in [1.807, 2.05) is 25.6 Å². The van der Waals surface area contributed by atoms with E-state index in [1.165, 1.54) is 5.03 Å². The van der Waals surface area contributed by atoms with Crippen LogP contribution in [0.1, 0.15) is 25.5 Å². The zero-order valence-corrected chi connectivity index (χ0v) is 11.0.